The highest BCUT2D eigenvalue weighted by molar-refractivity contribution is 5.79. The van der Waals surface area contributed by atoms with Crippen LogP contribution in [0.1, 0.15) is 39.0 Å². The Bertz CT molecular complexity index is 375. The zero-order valence-electron chi connectivity index (χ0n) is 11.9. The van der Waals surface area contributed by atoms with Crippen LogP contribution < -0.4 is 0 Å². The van der Waals surface area contributed by atoms with Crippen LogP contribution in [0, 0.1) is 0 Å². The third-order valence-electron chi connectivity index (χ3n) is 3.59. The Morgan fingerprint density at radius 3 is 2.40 bits per heavy atom. The van der Waals surface area contributed by atoms with Gasteiger partial charge in [-0.05, 0) is 38.3 Å². The Balaban J connectivity index is 2.24. The second kappa shape index (κ2) is 7.62. The number of likely N-dealkylation sites (tertiary alicyclic amines) is 1. The first-order chi connectivity index (χ1) is 9.34. The molecule has 0 radical (unpaired) electrons. The van der Waals surface area contributed by atoms with E-state index in [0.717, 1.165) is 32.1 Å². The van der Waals surface area contributed by atoms with E-state index in [1.54, 1.807) is 0 Å². The molecule has 5 heteroatoms. The predicted octanol–water partition coefficient (Wildman–Crippen LogP) is 3.89. The van der Waals surface area contributed by atoms with Crippen LogP contribution >= 0.6 is 0 Å². The SMILES string of the molecule is C=C(CCCCN1CCC(=O)CC1)/C(=C\C)C(F)(F)F. The van der Waals surface area contributed by atoms with Crippen LogP contribution in [0.5, 0.6) is 0 Å². The lowest BCUT2D eigenvalue weighted by Gasteiger charge is -2.25. The number of carbonyl (C=O) groups is 1. The topological polar surface area (TPSA) is 20.3 Å². The number of piperidine rings is 1. The minimum Gasteiger partial charge on any atom is -0.302 e. The van der Waals surface area contributed by atoms with Crippen LogP contribution in [0.3, 0.4) is 0 Å². The fraction of sp³-hybridized carbons (Fsp3) is 0.667. The molecule has 0 aromatic rings. The Kier molecular flexibility index (Phi) is 6.46. The van der Waals surface area contributed by atoms with Crippen LogP contribution in [-0.4, -0.2) is 36.5 Å². The highest BCUT2D eigenvalue weighted by Crippen LogP contribution is 2.32. The monoisotopic (exact) mass is 289 g/mol. The molecule has 0 saturated carbocycles. The standard InChI is InChI=1S/C15H22F3NO/c1-3-14(15(16,17)18)12(2)6-4-5-9-19-10-7-13(20)8-11-19/h3H,2,4-11H2,1H3/b14-3+. The van der Waals surface area contributed by atoms with Crippen LogP contribution in [0.2, 0.25) is 0 Å². The maximum Gasteiger partial charge on any atom is 0.416 e. The lowest BCUT2D eigenvalue weighted by atomic mass is 10.0. The number of unbranched alkanes of at least 4 members (excludes halogenated alkanes) is 1. The molecule has 1 aliphatic heterocycles. The second-order valence-corrected chi connectivity index (χ2v) is 5.14. The normalized spacial score (nSPS) is 18.4. The number of halogens is 3. The van der Waals surface area contributed by atoms with Gasteiger partial charge in [0.2, 0.25) is 0 Å². The number of Topliss-reactive ketones (excluding diaryl/α,β-unsaturated/α-hetero) is 1. The van der Waals surface area contributed by atoms with Crippen LogP contribution in [-0.2, 0) is 4.79 Å². The molecular weight excluding hydrogens is 267 g/mol. The van der Waals surface area contributed by atoms with Gasteiger partial charge in [-0.2, -0.15) is 13.2 Å². The number of rotatable bonds is 6. The number of alkyl halides is 3. The van der Waals surface area contributed by atoms with Gasteiger partial charge in [0.05, 0.1) is 5.57 Å². The van der Waals surface area contributed by atoms with Crippen molar-refractivity contribution < 1.29 is 18.0 Å². The summed E-state index contributed by atoms with van der Waals surface area (Å²) < 4.78 is 37.9. The molecule has 20 heavy (non-hydrogen) atoms. The van der Waals surface area contributed by atoms with Crippen LogP contribution in [0.15, 0.2) is 23.8 Å². The van der Waals surface area contributed by atoms with Gasteiger partial charge in [-0.25, -0.2) is 0 Å². The summed E-state index contributed by atoms with van der Waals surface area (Å²) in [6.45, 7) is 7.33. The molecule has 1 saturated heterocycles. The highest BCUT2D eigenvalue weighted by atomic mass is 19.4. The first-order valence-corrected chi connectivity index (χ1v) is 7.00. The molecule has 0 aliphatic carbocycles. The van der Waals surface area contributed by atoms with Crippen molar-refractivity contribution in [3.05, 3.63) is 23.8 Å². The summed E-state index contributed by atoms with van der Waals surface area (Å²) in [5, 5.41) is 0. The van der Waals surface area contributed by atoms with Crippen molar-refractivity contribution in [1.82, 2.24) is 4.90 Å². The van der Waals surface area contributed by atoms with Gasteiger partial charge in [-0.15, -0.1) is 0 Å². The number of allylic oxidation sites excluding steroid dienone is 3. The van der Waals surface area contributed by atoms with Crippen molar-refractivity contribution in [1.29, 1.82) is 0 Å². The number of hydrogen-bond acceptors (Lipinski definition) is 2. The van der Waals surface area contributed by atoms with E-state index in [-0.39, 0.29) is 5.57 Å². The summed E-state index contributed by atoms with van der Waals surface area (Å²) in [5.74, 6) is 0.303. The lowest BCUT2D eigenvalue weighted by Crippen LogP contribution is -2.34. The van der Waals surface area contributed by atoms with Gasteiger partial charge in [0, 0.05) is 25.9 Å². The van der Waals surface area contributed by atoms with Crippen LogP contribution in [0.25, 0.3) is 0 Å². The number of ketones is 1. The molecule has 0 spiro atoms. The second-order valence-electron chi connectivity index (χ2n) is 5.14. The van der Waals surface area contributed by atoms with Gasteiger partial charge in [0.15, 0.2) is 0 Å². The smallest absolute Gasteiger partial charge is 0.302 e. The fourth-order valence-corrected chi connectivity index (χ4v) is 2.40. The van der Waals surface area contributed by atoms with Crippen molar-refractivity contribution in [3.8, 4) is 0 Å². The van der Waals surface area contributed by atoms with Gasteiger partial charge in [-0.1, -0.05) is 12.7 Å². The van der Waals surface area contributed by atoms with E-state index in [2.05, 4.69) is 11.5 Å². The molecule has 1 rings (SSSR count). The molecule has 1 fully saturated rings. The maximum atomic E-state index is 12.6. The third-order valence-corrected chi connectivity index (χ3v) is 3.59. The fourth-order valence-electron chi connectivity index (χ4n) is 2.40. The average molecular weight is 289 g/mol. The molecule has 0 unspecified atom stereocenters. The largest absolute Gasteiger partial charge is 0.416 e. The minimum atomic E-state index is -4.31. The summed E-state index contributed by atoms with van der Waals surface area (Å²) in [6.07, 6.45) is -0.130. The molecular formula is C15H22F3NO. The molecule has 0 N–H and O–H groups in total. The minimum absolute atomic E-state index is 0.161. The highest BCUT2D eigenvalue weighted by Gasteiger charge is 2.34. The summed E-state index contributed by atoms with van der Waals surface area (Å²) in [4.78, 5) is 13.3. The Morgan fingerprint density at radius 1 is 1.30 bits per heavy atom. The molecule has 114 valence electrons. The van der Waals surface area contributed by atoms with Gasteiger partial charge >= 0.3 is 6.18 Å². The molecule has 0 aromatic heterocycles. The molecule has 0 aromatic carbocycles. The molecule has 2 nitrogen and oxygen atoms in total. The lowest BCUT2D eigenvalue weighted by molar-refractivity contribution is -0.121. The molecule has 1 heterocycles. The summed E-state index contributed by atoms with van der Waals surface area (Å²) in [5.41, 5.74) is -0.449. The van der Waals surface area contributed by atoms with E-state index in [1.807, 2.05) is 0 Å². The first kappa shape index (κ1) is 17.0. The average Bonchev–Trinajstić information content (AvgIpc) is 2.36. The Labute approximate surface area is 118 Å². The predicted molar refractivity (Wildman–Crippen MR) is 73.5 cm³/mol. The van der Waals surface area contributed by atoms with Crippen LogP contribution in [0.4, 0.5) is 13.2 Å². The molecule has 0 amide bonds. The van der Waals surface area contributed by atoms with E-state index in [1.165, 1.54) is 6.92 Å². The Hall–Kier alpha value is -1.10. The van der Waals surface area contributed by atoms with E-state index in [9.17, 15) is 18.0 Å². The van der Waals surface area contributed by atoms with E-state index in [0.29, 0.717) is 31.5 Å². The molecule has 1 aliphatic rings. The van der Waals surface area contributed by atoms with Crippen molar-refractivity contribution in [2.45, 2.75) is 45.2 Å². The quantitative estimate of drug-likeness (QED) is 0.546. The maximum absolute atomic E-state index is 12.6. The van der Waals surface area contributed by atoms with Crippen molar-refractivity contribution in [2.75, 3.05) is 19.6 Å². The summed E-state index contributed by atoms with van der Waals surface area (Å²) >= 11 is 0. The van der Waals surface area contributed by atoms with Gasteiger partial charge in [0.1, 0.15) is 5.78 Å². The Morgan fingerprint density at radius 2 is 1.90 bits per heavy atom. The van der Waals surface area contributed by atoms with Crippen molar-refractivity contribution in [3.63, 3.8) is 0 Å². The molecule has 0 bridgehead atoms. The summed E-state index contributed by atoms with van der Waals surface area (Å²) in [7, 11) is 0. The third kappa shape index (κ3) is 5.49. The van der Waals surface area contributed by atoms with E-state index in [4.69, 9.17) is 0 Å². The first-order valence-electron chi connectivity index (χ1n) is 7.00. The zero-order chi connectivity index (χ0) is 15.2. The van der Waals surface area contributed by atoms with Crippen molar-refractivity contribution in [2.24, 2.45) is 0 Å². The van der Waals surface area contributed by atoms with Crippen molar-refractivity contribution >= 4 is 5.78 Å². The number of nitrogens with zero attached hydrogens (tertiary/aromatic N) is 1. The van der Waals surface area contributed by atoms with E-state index < -0.39 is 11.7 Å². The molecule has 0 atom stereocenters. The number of carbonyl (C=O) groups excluding carboxylic acids is 1. The van der Waals surface area contributed by atoms with Gasteiger partial charge in [0.25, 0.3) is 0 Å². The van der Waals surface area contributed by atoms with E-state index >= 15 is 0 Å². The van der Waals surface area contributed by atoms with Gasteiger partial charge < -0.3 is 4.90 Å². The zero-order valence-corrected chi connectivity index (χ0v) is 11.9. The van der Waals surface area contributed by atoms with Gasteiger partial charge in [-0.3, -0.25) is 4.79 Å². The summed E-state index contributed by atoms with van der Waals surface area (Å²) in [6, 6.07) is 0. The number of hydrogen-bond donors (Lipinski definition) is 0.